The number of nitriles is 1. The Labute approximate surface area is 545 Å². The molecule has 0 radical (unpaired) electrons. The van der Waals surface area contributed by atoms with E-state index in [0.717, 1.165) is 160 Å². The average Bonchev–Trinajstić information content (AvgIpc) is 1.57. The lowest BCUT2D eigenvalue weighted by atomic mass is 9.94. The van der Waals surface area contributed by atoms with Crippen molar-refractivity contribution in [2.75, 3.05) is 0 Å². The number of halogens is 3. The van der Waals surface area contributed by atoms with E-state index in [-0.39, 0.29) is 16.7 Å². The van der Waals surface area contributed by atoms with Crippen LogP contribution >= 0.6 is 0 Å². The summed E-state index contributed by atoms with van der Waals surface area (Å²) in [7, 11) is 0. The van der Waals surface area contributed by atoms with Gasteiger partial charge < -0.3 is 27.4 Å². The zero-order valence-corrected chi connectivity index (χ0v) is 51.1. The number of para-hydroxylation sites is 8. The van der Waals surface area contributed by atoms with E-state index in [4.69, 9.17) is 0 Å². The Morgan fingerprint density at radius 3 is 0.740 bits per heavy atom. The minimum Gasteiger partial charge on any atom is -0.309 e. The van der Waals surface area contributed by atoms with Gasteiger partial charge in [0.2, 0.25) is 0 Å². The van der Waals surface area contributed by atoms with Crippen LogP contribution in [0.2, 0.25) is 0 Å². The Bertz CT molecular complexity index is 6240. The SMILES string of the molecule is N#Cc1cc(-n2c3ccc(-n4c5ccccc5c5ccccc54)cc3c3cc(-n4c5ccccc5c5ccccc54)ccc32)c(-n2c3ccc(-n4c5ccccc5c5ccccc54)cc3c3cc(-n4c5ccccc5c5ccccc54)ccc32)cc1-c1ccccc1C(F)(F)F. The Kier molecular flexibility index (Phi) is 11.3. The molecule has 7 nitrogen and oxygen atoms in total. The van der Waals surface area contributed by atoms with Gasteiger partial charge in [-0.15, -0.1) is 0 Å². The number of hydrogen-bond acceptors (Lipinski definition) is 1. The second-order valence-corrected chi connectivity index (χ2v) is 25.0. The third kappa shape index (κ3) is 7.59. The van der Waals surface area contributed by atoms with Gasteiger partial charge in [0.15, 0.2) is 0 Å². The monoisotopic (exact) mass is 1240 g/mol. The summed E-state index contributed by atoms with van der Waals surface area (Å²) in [6.45, 7) is 0. The van der Waals surface area contributed by atoms with Crippen molar-refractivity contribution in [3.8, 4) is 51.3 Å². The van der Waals surface area contributed by atoms with Crippen LogP contribution in [0.1, 0.15) is 11.1 Å². The van der Waals surface area contributed by atoms with Crippen molar-refractivity contribution in [3.63, 3.8) is 0 Å². The molecule has 0 atom stereocenters. The Morgan fingerprint density at radius 2 is 0.469 bits per heavy atom. The quantitative estimate of drug-likeness (QED) is 0.157. The van der Waals surface area contributed by atoms with Crippen LogP contribution in [-0.4, -0.2) is 27.4 Å². The fraction of sp³-hybridized carbons (Fsp3) is 0.0116. The van der Waals surface area contributed by atoms with Crippen LogP contribution in [0.4, 0.5) is 13.2 Å². The molecule has 6 heterocycles. The Balaban J connectivity index is 0.924. The minimum atomic E-state index is -4.74. The first-order chi connectivity index (χ1) is 47.3. The second kappa shape index (κ2) is 20.1. The molecule has 0 N–H and O–H groups in total. The van der Waals surface area contributed by atoms with Gasteiger partial charge in [-0.2, -0.15) is 18.4 Å². The zero-order valence-electron chi connectivity index (χ0n) is 51.1. The average molecular weight is 1240 g/mol. The molecule has 0 saturated heterocycles. The van der Waals surface area contributed by atoms with Crippen LogP contribution in [0, 0.1) is 11.3 Å². The molecule has 450 valence electrons. The van der Waals surface area contributed by atoms with Gasteiger partial charge in [0.25, 0.3) is 0 Å². The van der Waals surface area contributed by atoms with Crippen LogP contribution in [-0.2, 0) is 6.18 Å². The molecule has 6 aromatic heterocycles. The van der Waals surface area contributed by atoms with E-state index < -0.39 is 11.7 Å². The highest BCUT2D eigenvalue weighted by molar-refractivity contribution is 6.17. The van der Waals surface area contributed by atoms with Crippen molar-refractivity contribution in [2.24, 2.45) is 0 Å². The van der Waals surface area contributed by atoms with Crippen molar-refractivity contribution in [3.05, 3.63) is 314 Å². The molecule has 0 aliphatic rings. The summed E-state index contributed by atoms with van der Waals surface area (Å²) in [6.07, 6.45) is -4.74. The molecule has 0 saturated carbocycles. The molecular formula is C86H50F3N7. The smallest absolute Gasteiger partial charge is 0.309 e. The van der Waals surface area contributed by atoms with E-state index >= 15 is 13.2 Å². The maximum Gasteiger partial charge on any atom is 0.417 e. The topological polar surface area (TPSA) is 53.4 Å². The largest absolute Gasteiger partial charge is 0.417 e. The summed E-state index contributed by atoms with van der Waals surface area (Å²) in [5.74, 6) is 0. The Morgan fingerprint density at radius 1 is 0.229 bits per heavy atom. The van der Waals surface area contributed by atoms with Crippen molar-refractivity contribution in [1.29, 1.82) is 5.26 Å². The number of aromatic nitrogens is 6. The molecular weight excluding hydrogens is 1190 g/mol. The molecule has 0 unspecified atom stereocenters. The summed E-state index contributed by atoms with van der Waals surface area (Å²) < 4.78 is 60.6. The van der Waals surface area contributed by atoms with E-state index in [1.807, 2.05) is 12.1 Å². The molecule has 0 aliphatic heterocycles. The molecule has 96 heavy (non-hydrogen) atoms. The van der Waals surface area contributed by atoms with Gasteiger partial charge in [-0.25, -0.2) is 0 Å². The minimum absolute atomic E-state index is 0.0901. The second-order valence-electron chi connectivity index (χ2n) is 25.0. The lowest BCUT2D eigenvalue weighted by Gasteiger charge is -2.21. The standard InChI is InChI=1S/C86H50F3N7/c87-86(88,89)71-28-10-1-19-57(71)66-50-85(96-82-43-39-55(93-76-33-15-6-24-62(76)63-25-7-16-34-77(63)93)48-69(82)70-49-56(40-44-83(70)96)94-78-35-17-8-26-64(78)65-27-9-18-36-79(65)94)84(45-52(66)51-90)95-80-41-37-53(91-72-29-11-2-20-58(72)59-21-3-12-30-73(59)91)46-67(80)68-47-54(38-42-81(68)95)92-74-31-13-4-22-60(74)61-23-5-14-32-75(61)92/h1-50H. The molecule has 20 rings (SSSR count). The summed E-state index contributed by atoms with van der Waals surface area (Å²) >= 11 is 0. The van der Waals surface area contributed by atoms with E-state index in [0.29, 0.717) is 11.4 Å². The van der Waals surface area contributed by atoms with Crippen molar-refractivity contribution >= 4 is 131 Å². The fourth-order valence-electron chi connectivity index (χ4n) is 16.1. The van der Waals surface area contributed by atoms with E-state index in [1.165, 1.54) is 12.1 Å². The van der Waals surface area contributed by atoms with Gasteiger partial charge in [-0.1, -0.05) is 164 Å². The predicted octanol–water partition coefficient (Wildman–Crippen LogP) is 22.8. The van der Waals surface area contributed by atoms with Gasteiger partial charge in [0, 0.05) is 92.9 Å². The van der Waals surface area contributed by atoms with Gasteiger partial charge in [-0.3, -0.25) is 0 Å². The lowest BCUT2D eigenvalue weighted by Crippen LogP contribution is -2.09. The highest BCUT2D eigenvalue weighted by atomic mass is 19.4. The first-order valence-corrected chi connectivity index (χ1v) is 32.1. The van der Waals surface area contributed by atoms with Gasteiger partial charge in [-0.05, 0) is 145 Å². The van der Waals surface area contributed by atoms with E-state index in [2.05, 4.69) is 300 Å². The summed E-state index contributed by atoms with van der Waals surface area (Å²) in [5.41, 5.74) is 16.1. The van der Waals surface area contributed by atoms with Gasteiger partial charge in [0.1, 0.15) is 0 Å². The molecule has 0 aliphatic carbocycles. The highest BCUT2D eigenvalue weighted by Gasteiger charge is 2.35. The third-order valence-corrected chi connectivity index (χ3v) is 20.1. The van der Waals surface area contributed by atoms with Crippen LogP contribution < -0.4 is 0 Å². The summed E-state index contributed by atoms with van der Waals surface area (Å²) in [4.78, 5) is 0. The maximum absolute atomic E-state index is 15.6. The fourth-order valence-corrected chi connectivity index (χ4v) is 16.1. The van der Waals surface area contributed by atoms with Crippen LogP contribution in [0.15, 0.2) is 303 Å². The number of rotatable bonds is 7. The van der Waals surface area contributed by atoms with Crippen molar-refractivity contribution in [1.82, 2.24) is 27.4 Å². The predicted molar refractivity (Wildman–Crippen MR) is 388 cm³/mol. The number of hydrogen-bond donors (Lipinski definition) is 0. The van der Waals surface area contributed by atoms with Crippen LogP contribution in [0.5, 0.6) is 0 Å². The highest BCUT2D eigenvalue weighted by Crippen LogP contribution is 2.47. The van der Waals surface area contributed by atoms with Crippen molar-refractivity contribution in [2.45, 2.75) is 6.18 Å². The molecule has 14 aromatic carbocycles. The molecule has 10 heteroatoms. The maximum atomic E-state index is 15.6. The molecule has 0 fully saturated rings. The number of benzene rings is 14. The van der Waals surface area contributed by atoms with Crippen LogP contribution in [0.3, 0.4) is 0 Å². The molecule has 0 amide bonds. The normalized spacial score (nSPS) is 12.3. The number of alkyl halides is 3. The number of nitrogens with zero attached hydrogens (tertiary/aromatic N) is 7. The first kappa shape index (κ1) is 53.8. The van der Waals surface area contributed by atoms with Crippen molar-refractivity contribution < 1.29 is 13.2 Å². The summed E-state index contributed by atoms with van der Waals surface area (Å²) in [5, 5.41) is 24.4. The summed E-state index contributed by atoms with van der Waals surface area (Å²) in [6, 6.07) is 106. The van der Waals surface area contributed by atoms with E-state index in [9.17, 15) is 5.26 Å². The van der Waals surface area contributed by atoms with Gasteiger partial charge >= 0.3 is 6.18 Å². The molecule has 20 aromatic rings. The first-order valence-electron chi connectivity index (χ1n) is 32.1. The third-order valence-electron chi connectivity index (χ3n) is 20.1. The number of fused-ring (bicyclic) bond motifs is 18. The molecule has 0 bridgehead atoms. The van der Waals surface area contributed by atoms with Crippen LogP contribution in [0.25, 0.3) is 176 Å². The zero-order chi connectivity index (χ0) is 63.7. The van der Waals surface area contributed by atoms with Gasteiger partial charge in [0.05, 0.1) is 94.8 Å². The molecule has 0 spiro atoms. The Hall–Kier alpha value is -12.8. The lowest BCUT2D eigenvalue weighted by molar-refractivity contribution is -0.137. The van der Waals surface area contributed by atoms with E-state index in [1.54, 1.807) is 6.07 Å².